The summed E-state index contributed by atoms with van der Waals surface area (Å²) in [7, 11) is 0. The van der Waals surface area contributed by atoms with E-state index in [9.17, 15) is 9.59 Å². The molecule has 0 saturated carbocycles. The van der Waals surface area contributed by atoms with E-state index in [0.717, 1.165) is 4.47 Å². The zero-order valence-corrected chi connectivity index (χ0v) is 12.3. The molecule has 1 aliphatic heterocycles. The number of nitrogens with one attached hydrogen (secondary N) is 1. The van der Waals surface area contributed by atoms with Gasteiger partial charge >= 0.3 is 5.97 Å². The van der Waals surface area contributed by atoms with Crippen molar-refractivity contribution in [2.24, 2.45) is 0 Å². The van der Waals surface area contributed by atoms with Crippen molar-refractivity contribution in [1.29, 1.82) is 0 Å². The number of halogens is 1. The number of carbonyl (C=O) groups is 2. The molecule has 1 heterocycles. The monoisotopic (exact) mass is 342 g/mol. The van der Waals surface area contributed by atoms with E-state index in [1.165, 1.54) is 0 Å². The van der Waals surface area contributed by atoms with Crippen molar-refractivity contribution in [1.82, 2.24) is 10.2 Å². The fourth-order valence-electron chi connectivity index (χ4n) is 1.98. The molecule has 2 N–H and O–H groups in total. The molecule has 108 valence electrons. The molecule has 6 nitrogen and oxygen atoms in total. The van der Waals surface area contributed by atoms with Crippen molar-refractivity contribution in [2.45, 2.75) is 6.04 Å². The Bertz CT molecular complexity index is 492. The van der Waals surface area contributed by atoms with Gasteiger partial charge in [-0.15, -0.1) is 0 Å². The van der Waals surface area contributed by atoms with Gasteiger partial charge in [0.1, 0.15) is 18.4 Å². The summed E-state index contributed by atoms with van der Waals surface area (Å²) in [4.78, 5) is 24.0. The van der Waals surface area contributed by atoms with Crippen LogP contribution in [0.25, 0.3) is 0 Å². The van der Waals surface area contributed by atoms with Gasteiger partial charge < -0.3 is 15.2 Å². The summed E-state index contributed by atoms with van der Waals surface area (Å²) in [6.07, 6.45) is 0. The third-order valence-electron chi connectivity index (χ3n) is 3.03. The molecule has 20 heavy (non-hydrogen) atoms. The van der Waals surface area contributed by atoms with Gasteiger partial charge in [0.25, 0.3) is 0 Å². The van der Waals surface area contributed by atoms with Crippen molar-refractivity contribution >= 4 is 27.8 Å². The lowest BCUT2D eigenvalue weighted by molar-refractivity contribution is -0.146. The Kier molecular flexibility index (Phi) is 4.97. The van der Waals surface area contributed by atoms with E-state index in [4.69, 9.17) is 9.84 Å². The number of rotatable bonds is 5. The first kappa shape index (κ1) is 14.8. The highest BCUT2D eigenvalue weighted by molar-refractivity contribution is 9.10. The maximum Gasteiger partial charge on any atom is 0.322 e. The summed E-state index contributed by atoms with van der Waals surface area (Å²) < 4.78 is 6.50. The standard InChI is InChI=1S/C13H15BrN2O4/c14-9-1-3-10(4-2-9)20-6-5-16-8-12(17)15-7-11(16)13(18)19/h1-4,11H,5-8H2,(H,15,17)(H,18,19). The van der Waals surface area contributed by atoms with Crippen molar-refractivity contribution in [3.63, 3.8) is 0 Å². The van der Waals surface area contributed by atoms with Crippen LogP contribution in [0.4, 0.5) is 0 Å². The van der Waals surface area contributed by atoms with Gasteiger partial charge in [0.05, 0.1) is 6.54 Å². The summed E-state index contributed by atoms with van der Waals surface area (Å²) in [6, 6.07) is 6.68. The largest absolute Gasteiger partial charge is 0.492 e. The number of amides is 1. The number of hydrogen-bond acceptors (Lipinski definition) is 4. The van der Waals surface area contributed by atoms with E-state index in [1.807, 2.05) is 24.3 Å². The van der Waals surface area contributed by atoms with Crippen LogP contribution in [0, 0.1) is 0 Å². The minimum Gasteiger partial charge on any atom is -0.492 e. The highest BCUT2D eigenvalue weighted by Gasteiger charge is 2.31. The van der Waals surface area contributed by atoms with Gasteiger partial charge in [-0.25, -0.2) is 0 Å². The third-order valence-corrected chi connectivity index (χ3v) is 3.55. The average Bonchev–Trinajstić information content (AvgIpc) is 2.41. The fourth-order valence-corrected chi connectivity index (χ4v) is 2.24. The minimum atomic E-state index is -0.936. The third kappa shape index (κ3) is 3.94. The number of nitrogens with zero attached hydrogens (tertiary/aromatic N) is 1. The molecule has 7 heteroatoms. The van der Waals surface area contributed by atoms with Crippen LogP contribution in [-0.4, -0.2) is 54.2 Å². The first-order valence-corrected chi connectivity index (χ1v) is 6.97. The van der Waals surface area contributed by atoms with E-state index in [1.54, 1.807) is 4.90 Å². The van der Waals surface area contributed by atoms with Gasteiger partial charge in [-0.3, -0.25) is 14.5 Å². The smallest absolute Gasteiger partial charge is 0.322 e. The normalized spacial score (nSPS) is 19.4. The van der Waals surface area contributed by atoms with Gasteiger partial charge in [-0.2, -0.15) is 0 Å². The van der Waals surface area contributed by atoms with Crippen molar-refractivity contribution in [2.75, 3.05) is 26.2 Å². The molecule has 1 aromatic carbocycles. The molecule has 1 aliphatic rings. The first-order chi connectivity index (χ1) is 9.56. The summed E-state index contributed by atoms with van der Waals surface area (Å²) in [5, 5.41) is 11.7. The number of ether oxygens (including phenoxy) is 1. The molecule has 0 bridgehead atoms. The van der Waals surface area contributed by atoms with Crippen LogP contribution < -0.4 is 10.1 Å². The SMILES string of the molecule is O=C1CN(CCOc2ccc(Br)cc2)C(C(=O)O)CN1. The molecule has 1 unspecified atom stereocenters. The number of carboxylic acid groups (broad SMARTS) is 1. The van der Waals surface area contributed by atoms with Crippen LogP contribution >= 0.6 is 15.9 Å². The van der Waals surface area contributed by atoms with Crippen LogP contribution in [0.15, 0.2) is 28.7 Å². The number of benzene rings is 1. The molecule has 2 rings (SSSR count). The van der Waals surface area contributed by atoms with Gasteiger partial charge in [0.15, 0.2) is 0 Å². The first-order valence-electron chi connectivity index (χ1n) is 6.18. The average molecular weight is 343 g/mol. The second-order valence-electron chi connectivity index (χ2n) is 4.43. The van der Waals surface area contributed by atoms with Crippen molar-refractivity contribution < 1.29 is 19.4 Å². The molecule has 0 spiro atoms. The van der Waals surface area contributed by atoms with E-state index in [-0.39, 0.29) is 19.0 Å². The Labute approximate surface area is 124 Å². The molecule has 1 saturated heterocycles. The van der Waals surface area contributed by atoms with Gasteiger partial charge in [-0.1, -0.05) is 15.9 Å². The number of piperazine rings is 1. The Balaban J connectivity index is 1.86. The molecule has 0 aromatic heterocycles. The van der Waals surface area contributed by atoms with E-state index >= 15 is 0 Å². The minimum absolute atomic E-state index is 0.0840. The Morgan fingerprint density at radius 3 is 2.80 bits per heavy atom. The molecule has 0 aliphatic carbocycles. The number of carbonyl (C=O) groups excluding carboxylic acids is 1. The number of aliphatic carboxylic acids is 1. The molecular weight excluding hydrogens is 328 g/mol. The molecule has 1 atom stereocenters. The topological polar surface area (TPSA) is 78.9 Å². The molecule has 1 amide bonds. The second kappa shape index (κ2) is 6.71. The number of carboxylic acids is 1. The lowest BCUT2D eigenvalue weighted by Gasteiger charge is -2.32. The van der Waals surface area contributed by atoms with Crippen LogP contribution in [0.3, 0.4) is 0 Å². The van der Waals surface area contributed by atoms with E-state index < -0.39 is 12.0 Å². The van der Waals surface area contributed by atoms with Gasteiger partial charge in [-0.05, 0) is 24.3 Å². The second-order valence-corrected chi connectivity index (χ2v) is 5.35. The molecule has 0 radical (unpaired) electrons. The predicted octanol–water partition coefficient (Wildman–Crippen LogP) is 0.713. The lowest BCUT2D eigenvalue weighted by atomic mass is 10.2. The van der Waals surface area contributed by atoms with E-state index in [0.29, 0.717) is 18.9 Å². The summed E-state index contributed by atoms with van der Waals surface area (Å²) in [5.41, 5.74) is 0. The lowest BCUT2D eigenvalue weighted by Crippen LogP contribution is -2.58. The predicted molar refractivity (Wildman–Crippen MR) is 75.6 cm³/mol. The number of hydrogen-bond donors (Lipinski definition) is 2. The van der Waals surface area contributed by atoms with Crippen LogP contribution in [-0.2, 0) is 9.59 Å². The van der Waals surface area contributed by atoms with Gasteiger partial charge in [0.2, 0.25) is 5.91 Å². The highest BCUT2D eigenvalue weighted by Crippen LogP contribution is 2.16. The van der Waals surface area contributed by atoms with E-state index in [2.05, 4.69) is 21.2 Å². The summed E-state index contributed by atoms with van der Waals surface area (Å²) in [5.74, 6) is -0.388. The Hall–Kier alpha value is -1.60. The Morgan fingerprint density at radius 1 is 1.45 bits per heavy atom. The molecule has 1 aromatic rings. The summed E-state index contributed by atoms with van der Waals surface area (Å²) >= 11 is 3.33. The summed E-state index contributed by atoms with van der Waals surface area (Å²) in [6.45, 7) is 0.937. The maximum absolute atomic E-state index is 11.3. The molecular formula is C13H15BrN2O4. The van der Waals surface area contributed by atoms with Crippen LogP contribution in [0.5, 0.6) is 5.75 Å². The maximum atomic E-state index is 11.3. The van der Waals surface area contributed by atoms with Crippen LogP contribution in [0.1, 0.15) is 0 Å². The Morgan fingerprint density at radius 2 is 2.15 bits per heavy atom. The molecule has 1 fully saturated rings. The van der Waals surface area contributed by atoms with Crippen molar-refractivity contribution in [3.05, 3.63) is 28.7 Å². The quantitative estimate of drug-likeness (QED) is 0.824. The van der Waals surface area contributed by atoms with Gasteiger partial charge in [0, 0.05) is 17.6 Å². The zero-order valence-electron chi connectivity index (χ0n) is 10.7. The van der Waals surface area contributed by atoms with Crippen LogP contribution in [0.2, 0.25) is 0 Å². The van der Waals surface area contributed by atoms with Crippen molar-refractivity contribution in [3.8, 4) is 5.75 Å². The zero-order chi connectivity index (χ0) is 14.5. The highest BCUT2D eigenvalue weighted by atomic mass is 79.9. The fraction of sp³-hybridized carbons (Fsp3) is 0.385.